The van der Waals surface area contributed by atoms with Crippen LogP contribution in [0.5, 0.6) is 5.75 Å². The quantitative estimate of drug-likeness (QED) is 0.879. The number of hydrogen-bond donors (Lipinski definition) is 1. The standard InChI is InChI=1S/C14H12Cl2FNO/c1-19-14-4-2-3-11(16)10(14)8-18-13-7-9(15)5-6-12(13)17/h2-7,18H,8H2,1H3. The van der Waals surface area contributed by atoms with Crippen LogP contribution in [-0.4, -0.2) is 7.11 Å². The average Bonchev–Trinajstić information content (AvgIpc) is 2.40. The lowest BCUT2D eigenvalue weighted by atomic mass is 10.2. The third-order valence-electron chi connectivity index (χ3n) is 2.68. The van der Waals surface area contributed by atoms with E-state index in [1.54, 1.807) is 25.3 Å². The van der Waals surface area contributed by atoms with Gasteiger partial charge in [-0.1, -0.05) is 29.3 Å². The molecule has 2 nitrogen and oxygen atoms in total. The molecule has 0 saturated heterocycles. The van der Waals surface area contributed by atoms with Crippen molar-refractivity contribution < 1.29 is 9.13 Å². The highest BCUT2D eigenvalue weighted by Crippen LogP contribution is 2.28. The molecule has 1 N–H and O–H groups in total. The Hall–Kier alpha value is -1.45. The van der Waals surface area contributed by atoms with Crippen LogP contribution in [0, 0.1) is 5.82 Å². The first-order valence-electron chi connectivity index (χ1n) is 5.62. The summed E-state index contributed by atoms with van der Waals surface area (Å²) < 4.78 is 18.8. The van der Waals surface area contributed by atoms with E-state index in [2.05, 4.69) is 5.32 Å². The van der Waals surface area contributed by atoms with Gasteiger partial charge in [0, 0.05) is 22.2 Å². The number of ether oxygens (including phenoxy) is 1. The highest BCUT2D eigenvalue weighted by atomic mass is 35.5. The van der Waals surface area contributed by atoms with Crippen molar-refractivity contribution in [1.29, 1.82) is 0 Å². The minimum absolute atomic E-state index is 0.328. The van der Waals surface area contributed by atoms with Crippen LogP contribution in [0.25, 0.3) is 0 Å². The smallest absolute Gasteiger partial charge is 0.146 e. The second kappa shape index (κ2) is 6.13. The van der Waals surface area contributed by atoms with Crippen LogP contribution >= 0.6 is 23.2 Å². The molecule has 0 saturated carbocycles. The first-order valence-corrected chi connectivity index (χ1v) is 6.37. The molecule has 100 valence electrons. The Balaban J connectivity index is 2.21. The molecule has 2 aromatic rings. The van der Waals surface area contributed by atoms with Gasteiger partial charge in [-0.3, -0.25) is 0 Å². The van der Waals surface area contributed by atoms with Crippen LogP contribution in [-0.2, 0) is 6.54 Å². The van der Waals surface area contributed by atoms with Gasteiger partial charge >= 0.3 is 0 Å². The number of halogens is 3. The molecule has 0 aliphatic heterocycles. The molecule has 5 heteroatoms. The van der Waals surface area contributed by atoms with Crippen LogP contribution in [0.3, 0.4) is 0 Å². The lowest BCUT2D eigenvalue weighted by Crippen LogP contribution is -2.04. The predicted octanol–water partition coefficient (Wildman–Crippen LogP) is 4.75. The molecule has 2 rings (SSSR count). The Kier molecular flexibility index (Phi) is 4.51. The van der Waals surface area contributed by atoms with E-state index < -0.39 is 0 Å². The van der Waals surface area contributed by atoms with Gasteiger partial charge in [0.25, 0.3) is 0 Å². The van der Waals surface area contributed by atoms with Gasteiger partial charge in [-0.15, -0.1) is 0 Å². The summed E-state index contributed by atoms with van der Waals surface area (Å²) in [4.78, 5) is 0. The molecule has 0 fully saturated rings. The van der Waals surface area contributed by atoms with E-state index >= 15 is 0 Å². The van der Waals surface area contributed by atoms with Crippen molar-refractivity contribution in [3.8, 4) is 5.75 Å². The van der Waals surface area contributed by atoms with Crippen LogP contribution < -0.4 is 10.1 Å². The summed E-state index contributed by atoms with van der Waals surface area (Å²) in [5.41, 5.74) is 1.10. The predicted molar refractivity (Wildman–Crippen MR) is 76.7 cm³/mol. The summed E-state index contributed by atoms with van der Waals surface area (Å²) in [6.07, 6.45) is 0. The van der Waals surface area contributed by atoms with Crippen molar-refractivity contribution in [1.82, 2.24) is 0 Å². The van der Waals surface area contributed by atoms with Crippen molar-refractivity contribution in [3.63, 3.8) is 0 Å². The molecule has 2 aromatic carbocycles. The van der Waals surface area contributed by atoms with Crippen molar-refractivity contribution in [2.24, 2.45) is 0 Å². The summed E-state index contributed by atoms with van der Waals surface area (Å²) in [6.45, 7) is 0.347. The maximum absolute atomic E-state index is 13.6. The van der Waals surface area contributed by atoms with Gasteiger partial charge in [-0.25, -0.2) is 4.39 Å². The molecule has 0 bridgehead atoms. The zero-order valence-electron chi connectivity index (χ0n) is 10.2. The van der Waals surface area contributed by atoms with Crippen molar-refractivity contribution >= 4 is 28.9 Å². The normalized spacial score (nSPS) is 10.3. The third kappa shape index (κ3) is 3.31. The zero-order valence-corrected chi connectivity index (χ0v) is 11.7. The van der Waals surface area contributed by atoms with Gasteiger partial charge in [0.2, 0.25) is 0 Å². The topological polar surface area (TPSA) is 21.3 Å². The maximum Gasteiger partial charge on any atom is 0.146 e. The maximum atomic E-state index is 13.6. The molecular formula is C14H12Cl2FNO. The Morgan fingerprint density at radius 1 is 1.21 bits per heavy atom. The van der Waals surface area contributed by atoms with E-state index in [0.29, 0.717) is 28.0 Å². The highest BCUT2D eigenvalue weighted by Gasteiger charge is 2.09. The van der Waals surface area contributed by atoms with Gasteiger partial charge in [-0.05, 0) is 30.3 Å². The Labute approximate surface area is 121 Å². The number of methoxy groups -OCH3 is 1. The molecule has 0 aliphatic carbocycles. The first kappa shape index (κ1) is 14.0. The van der Waals surface area contributed by atoms with E-state index in [-0.39, 0.29) is 5.82 Å². The van der Waals surface area contributed by atoms with Gasteiger partial charge in [0.05, 0.1) is 12.8 Å². The lowest BCUT2D eigenvalue weighted by molar-refractivity contribution is 0.410. The SMILES string of the molecule is COc1cccc(Cl)c1CNc1cc(Cl)ccc1F. The summed E-state index contributed by atoms with van der Waals surface area (Å²) in [5, 5.41) is 3.99. The van der Waals surface area contributed by atoms with Crippen LogP contribution in [0.15, 0.2) is 36.4 Å². The summed E-state index contributed by atoms with van der Waals surface area (Å²) >= 11 is 11.9. The van der Waals surface area contributed by atoms with Crippen molar-refractivity contribution in [3.05, 3.63) is 57.8 Å². The third-order valence-corrected chi connectivity index (χ3v) is 3.27. The fourth-order valence-corrected chi connectivity index (χ4v) is 2.12. The molecular weight excluding hydrogens is 288 g/mol. The molecule has 0 aromatic heterocycles. The number of hydrogen-bond acceptors (Lipinski definition) is 2. The van der Waals surface area contributed by atoms with Crippen molar-refractivity contribution in [2.75, 3.05) is 12.4 Å². The number of anilines is 1. The van der Waals surface area contributed by atoms with Gasteiger partial charge in [-0.2, -0.15) is 0 Å². The second-order valence-electron chi connectivity index (χ2n) is 3.90. The average molecular weight is 300 g/mol. The second-order valence-corrected chi connectivity index (χ2v) is 4.74. The van der Waals surface area contributed by atoms with Crippen molar-refractivity contribution in [2.45, 2.75) is 6.54 Å². The largest absolute Gasteiger partial charge is 0.496 e. The zero-order chi connectivity index (χ0) is 13.8. The highest BCUT2D eigenvalue weighted by molar-refractivity contribution is 6.31. The summed E-state index contributed by atoms with van der Waals surface area (Å²) in [7, 11) is 1.56. The molecule has 0 spiro atoms. The monoisotopic (exact) mass is 299 g/mol. The van der Waals surface area contributed by atoms with E-state index in [1.807, 2.05) is 0 Å². The molecule has 0 aliphatic rings. The van der Waals surface area contributed by atoms with Crippen LogP contribution in [0.1, 0.15) is 5.56 Å². The summed E-state index contributed by atoms with van der Waals surface area (Å²) in [5.74, 6) is 0.290. The molecule has 0 unspecified atom stereocenters. The Bertz CT molecular complexity index is 590. The molecule has 19 heavy (non-hydrogen) atoms. The van der Waals surface area contributed by atoms with E-state index in [9.17, 15) is 4.39 Å². The van der Waals surface area contributed by atoms with E-state index in [1.165, 1.54) is 18.2 Å². The van der Waals surface area contributed by atoms with E-state index in [4.69, 9.17) is 27.9 Å². The number of rotatable bonds is 4. The molecule has 0 atom stereocenters. The van der Waals surface area contributed by atoms with Gasteiger partial charge < -0.3 is 10.1 Å². The minimum Gasteiger partial charge on any atom is -0.496 e. The fourth-order valence-electron chi connectivity index (χ4n) is 1.72. The van der Waals surface area contributed by atoms with Gasteiger partial charge in [0.1, 0.15) is 11.6 Å². The Morgan fingerprint density at radius 3 is 2.74 bits per heavy atom. The minimum atomic E-state index is -0.365. The molecule has 0 heterocycles. The number of benzene rings is 2. The Morgan fingerprint density at radius 2 is 2.00 bits per heavy atom. The molecule has 0 amide bonds. The van der Waals surface area contributed by atoms with Crippen LogP contribution in [0.2, 0.25) is 10.0 Å². The summed E-state index contributed by atoms with van der Waals surface area (Å²) in [6, 6.07) is 9.70. The number of nitrogens with one attached hydrogen (secondary N) is 1. The molecule has 0 radical (unpaired) electrons. The van der Waals surface area contributed by atoms with Gasteiger partial charge in [0.15, 0.2) is 0 Å². The lowest BCUT2D eigenvalue weighted by Gasteiger charge is -2.12. The van der Waals surface area contributed by atoms with Crippen LogP contribution in [0.4, 0.5) is 10.1 Å². The first-order chi connectivity index (χ1) is 9.11. The van der Waals surface area contributed by atoms with E-state index in [0.717, 1.165) is 5.56 Å². The fraction of sp³-hybridized carbons (Fsp3) is 0.143.